The molecule has 0 radical (unpaired) electrons. The van der Waals surface area contributed by atoms with E-state index < -0.39 is 15.8 Å². The molecule has 1 atom stereocenters. The van der Waals surface area contributed by atoms with E-state index in [0.717, 1.165) is 12.1 Å². The Morgan fingerprint density at radius 3 is 2.21 bits per heavy atom. The van der Waals surface area contributed by atoms with Crippen LogP contribution in [-0.2, 0) is 14.8 Å². The van der Waals surface area contributed by atoms with Crippen LogP contribution in [0.2, 0.25) is 0 Å². The maximum absolute atomic E-state index is 13.0. The fourth-order valence-corrected chi connectivity index (χ4v) is 4.09. The van der Waals surface area contributed by atoms with E-state index in [1.165, 1.54) is 16.4 Å². The van der Waals surface area contributed by atoms with E-state index in [9.17, 15) is 17.6 Å². The third-order valence-electron chi connectivity index (χ3n) is 4.65. The van der Waals surface area contributed by atoms with Crippen LogP contribution >= 0.6 is 0 Å². The molecule has 1 amide bonds. The molecule has 24 heavy (non-hydrogen) atoms. The number of carbonyl (C=O) groups is 1. The van der Waals surface area contributed by atoms with Gasteiger partial charge in [0.2, 0.25) is 15.9 Å². The standard InChI is InChI=1S/C17H25FN2O3S/c1-12(2)13(3)19-17(21)14-8-10-20(11-9-14)24(22,23)16-6-4-15(18)5-7-16/h4-7,12-14H,8-11H2,1-3H3,(H,19,21)/t13-/m1/s1. The lowest BCUT2D eigenvalue weighted by atomic mass is 9.96. The number of benzene rings is 1. The van der Waals surface area contributed by atoms with Crippen LogP contribution in [-0.4, -0.2) is 37.8 Å². The van der Waals surface area contributed by atoms with Crippen LogP contribution in [0.5, 0.6) is 0 Å². The molecule has 1 saturated heterocycles. The average Bonchev–Trinajstić information content (AvgIpc) is 2.55. The monoisotopic (exact) mass is 356 g/mol. The molecule has 0 aliphatic carbocycles. The van der Waals surface area contributed by atoms with E-state index in [-0.39, 0.29) is 22.8 Å². The van der Waals surface area contributed by atoms with Gasteiger partial charge in [-0.25, -0.2) is 12.8 Å². The van der Waals surface area contributed by atoms with Crippen LogP contribution in [0.15, 0.2) is 29.2 Å². The largest absolute Gasteiger partial charge is 0.353 e. The van der Waals surface area contributed by atoms with E-state index in [0.29, 0.717) is 31.8 Å². The second-order valence-electron chi connectivity index (χ2n) is 6.67. The third kappa shape index (κ3) is 4.33. The first-order chi connectivity index (χ1) is 11.2. The summed E-state index contributed by atoms with van der Waals surface area (Å²) in [6.07, 6.45) is 0.994. The molecule has 0 saturated carbocycles. The molecule has 134 valence electrons. The number of piperidine rings is 1. The van der Waals surface area contributed by atoms with Crippen molar-refractivity contribution in [1.82, 2.24) is 9.62 Å². The highest BCUT2D eigenvalue weighted by molar-refractivity contribution is 7.89. The first-order valence-electron chi connectivity index (χ1n) is 8.28. The van der Waals surface area contributed by atoms with Gasteiger partial charge in [-0.2, -0.15) is 4.31 Å². The molecule has 0 bridgehead atoms. The second-order valence-corrected chi connectivity index (χ2v) is 8.61. The van der Waals surface area contributed by atoms with Crippen molar-refractivity contribution < 1.29 is 17.6 Å². The summed E-state index contributed by atoms with van der Waals surface area (Å²) >= 11 is 0. The lowest BCUT2D eigenvalue weighted by Crippen LogP contribution is -2.45. The number of nitrogens with one attached hydrogen (secondary N) is 1. The Labute approximate surface area is 143 Å². The molecule has 0 spiro atoms. The van der Waals surface area contributed by atoms with Gasteiger partial charge < -0.3 is 5.32 Å². The SMILES string of the molecule is CC(C)[C@@H](C)NC(=O)C1CCN(S(=O)(=O)c2ccc(F)cc2)CC1. The van der Waals surface area contributed by atoms with Gasteiger partial charge in [-0.05, 0) is 49.9 Å². The van der Waals surface area contributed by atoms with Crippen molar-refractivity contribution in [2.75, 3.05) is 13.1 Å². The molecular weight excluding hydrogens is 331 g/mol. The van der Waals surface area contributed by atoms with Crippen molar-refractivity contribution in [2.45, 2.75) is 44.6 Å². The molecule has 1 aromatic rings. The Kier molecular flexibility index (Phi) is 5.98. The van der Waals surface area contributed by atoms with Crippen LogP contribution in [0.4, 0.5) is 4.39 Å². The van der Waals surface area contributed by atoms with Crippen LogP contribution < -0.4 is 5.32 Å². The Morgan fingerprint density at radius 1 is 1.17 bits per heavy atom. The number of hydrogen-bond acceptors (Lipinski definition) is 3. The zero-order valence-corrected chi connectivity index (χ0v) is 15.1. The highest BCUT2D eigenvalue weighted by Crippen LogP contribution is 2.24. The number of amides is 1. The summed E-state index contributed by atoms with van der Waals surface area (Å²) in [6, 6.07) is 4.92. The second kappa shape index (κ2) is 7.61. The molecule has 7 heteroatoms. The van der Waals surface area contributed by atoms with Crippen LogP contribution in [0, 0.1) is 17.7 Å². The van der Waals surface area contributed by atoms with Gasteiger partial charge >= 0.3 is 0 Å². The Hall–Kier alpha value is -1.47. The maximum Gasteiger partial charge on any atom is 0.243 e. The van der Waals surface area contributed by atoms with Gasteiger partial charge in [0.15, 0.2) is 0 Å². The van der Waals surface area contributed by atoms with E-state index in [2.05, 4.69) is 5.32 Å². The molecule has 1 aliphatic heterocycles. The smallest absolute Gasteiger partial charge is 0.243 e. The molecule has 1 N–H and O–H groups in total. The first kappa shape index (κ1) is 18.9. The minimum atomic E-state index is -3.63. The van der Waals surface area contributed by atoms with Gasteiger partial charge in [-0.1, -0.05) is 13.8 Å². The lowest BCUT2D eigenvalue weighted by molar-refractivity contribution is -0.127. The number of rotatable bonds is 5. The average molecular weight is 356 g/mol. The predicted octanol–water partition coefficient (Wildman–Crippen LogP) is 2.39. The number of carbonyl (C=O) groups excluding carboxylic acids is 1. The summed E-state index contributed by atoms with van der Waals surface area (Å²) in [4.78, 5) is 12.3. The minimum absolute atomic E-state index is 0.00460. The van der Waals surface area contributed by atoms with E-state index in [1.807, 2.05) is 20.8 Å². The fraction of sp³-hybridized carbons (Fsp3) is 0.588. The lowest BCUT2D eigenvalue weighted by Gasteiger charge is -2.31. The van der Waals surface area contributed by atoms with Crippen molar-refractivity contribution >= 4 is 15.9 Å². The van der Waals surface area contributed by atoms with Gasteiger partial charge in [0, 0.05) is 25.0 Å². The zero-order chi connectivity index (χ0) is 17.9. The Bertz CT molecular complexity index is 666. The molecule has 1 aromatic carbocycles. The summed E-state index contributed by atoms with van der Waals surface area (Å²) < 4.78 is 39.4. The van der Waals surface area contributed by atoms with Gasteiger partial charge in [0.1, 0.15) is 5.82 Å². The maximum atomic E-state index is 13.0. The Balaban J connectivity index is 1.97. The van der Waals surface area contributed by atoms with Crippen LogP contribution in [0.1, 0.15) is 33.6 Å². The van der Waals surface area contributed by atoms with Crippen molar-refractivity contribution in [3.05, 3.63) is 30.1 Å². The van der Waals surface area contributed by atoms with Crippen LogP contribution in [0.3, 0.4) is 0 Å². The first-order valence-corrected chi connectivity index (χ1v) is 9.72. The normalized spacial score (nSPS) is 18.5. The van der Waals surface area contributed by atoms with E-state index >= 15 is 0 Å². The molecule has 1 fully saturated rings. The molecule has 5 nitrogen and oxygen atoms in total. The summed E-state index contributed by atoms with van der Waals surface area (Å²) in [5.74, 6) is -0.280. The molecule has 1 heterocycles. The predicted molar refractivity (Wildman–Crippen MR) is 90.3 cm³/mol. The highest BCUT2D eigenvalue weighted by atomic mass is 32.2. The molecule has 0 unspecified atom stereocenters. The van der Waals surface area contributed by atoms with E-state index in [1.54, 1.807) is 0 Å². The summed E-state index contributed by atoms with van der Waals surface area (Å²) in [6.45, 7) is 6.66. The summed E-state index contributed by atoms with van der Waals surface area (Å²) in [5, 5.41) is 2.99. The minimum Gasteiger partial charge on any atom is -0.353 e. The van der Waals surface area contributed by atoms with Crippen molar-refractivity contribution in [2.24, 2.45) is 11.8 Å². The zero-order valence-electron chi connectivity index (χ0n) is 14.3. The summed E-state index contributed by atoms with van der Waals surface area (Å²) in [7, 11) is -3.63. The molecular formula is C17H25FN2O3S. The van der Waals surface area contributed by atoms with Gasteiger partial charge in [-0.15, -0.1) is 0 Å². The van der Waals surface area contributed by atoms with Crippen molar-refractivity contribution in [1.29, 1.82) is 0 Å². The van der Waals surface area contributed by atoms with Gasteiger partial charge in [0.05, 0.1) is 4.90 Å². The highest BCUT2D eigenvalue weighted by Gasteiger charge is 2.32. The quantitative estimate of drug-likeness (QED) is 0.881. The third-order valence-corrected chi connectivity index (χ3v) is 6.56. The fourth-order valence-electron chi connectivity index (χ4n) is 2.62. The Morgan fingerprint density at radius 2 is 1.71 bits per heavy atom. The number of hydrogen-bond donors (Lipinski definition) is 1. The van der Waals surface area contributed by atoms with Crippen molar-refractivity contribution in [3.63, 3.8) is 0 Å². The molecule has 2 rings (SSSR count). The summed E-state index contributed by atoms with van der Waals surface area (Å²) in [5.41, 5.74) is 0. The van der Waals surface area contributed by atoms with Gasteiger partial charge in [0.25, 0.3) is 0 Å². The number of nitrogens with zero attached hydrogens (tertiary/aromatic N) is 1. The van der Waals surface area contributed by atoms with Crippen LogP contribution in [0.25, 0.3) is 0 Å². The van der Waals surface area contributed by atoms with Crippen molar-refractivity contribution in [3.8, 4) is 0 Å². The van der Waals surface area contributed by atoms with Gasteiger partial charge in [-0.3, -0.25) is 4.79 Å². The molecule has 1 aliphatic rings. The topological polar surface area (TPSA) is 66.5 Å². The number of sulfonamides is 1. The number of halogens is 1. The molecule has 0 aromatic heterocycles. The van der Waals surface area contributed by atoms with E-state index in [4.69, 9.17) is 0 Å².